The van der Waals surface area contributed by atoms with Crippen molar-refractivity contribution < 1.29 is 9.59 Å². The Morgan fingerprint density at radius 1 is 1.47 bits per heavy atom. The lowest BCUT2D eigenvalue weighted by Gasteiger charge is -2.35. The molecule has 0 atom stereocenters. The van der Waals surface area contributed by atoms with Gasteiger partial charge in [-0.1, -0.05) is 0 Å². The van der Waals surface area contributed by atoms with Gasteiger partial charge >= 0.3 is 0 Å². The van der Waals surface area contributed by atoms with Gasteiger partial charge in [-0.25, -0.2) is 0 Å². The van der Waals surface area contributed by atoms with E-state index in [1.807, 2.05) is 11.9 Å². The molecule has 1 aliphatic heterocycles. The number of carbonyl (C=O) groups is 2. The predicted molar refractivity (Wildman–Crippen MR) is 58.6 cm³/mol. The van der Waals surface area contributed by atoms with Crippen LogP contribution in [0.3, 0.4) is 0 Å². The Labute approximate surface area is 91.2 Å². The molecular weight excluding hydrogens is 192 g/mol. The molecule has 0 spiro atoms. The van der Waals surface area contributed by atoms with Crippen LogP contribution in [0.4, 0.5) is 0 Å². The van der Waals surface area contributed by atoms with Crippen LogP contribution in [0.5, 0.6) is 0 Å². The van der Waals surface area contributed by atoms with Crippen LogP contribution in [0, 0.1) is 0 Å². The minimum absolute atomic E-state index is 0.0941. The van der Waals surface area contributed by atoms with Gasteiger partial charge in [0.15, 0.2) is 0 Å². The zero-order valence-corrected chi connectivity index (χ0v) is 9.61. The second-order valence-corrected chi connectivity index (χ2v) is 4.24. The summed E-state index contributed by atoms with van der Waals surface area (Å²) in [5, 5.41) is 0. The van der Waals surface area contributed by atoms with E-state index < -0.39 is 0 Å². The summed E-state index contributed by atoms with van der Waals surface area (Å²) < 4.78 is 0. The molecule has 0 aromatic carbocycles. The molecule has 0 N–H and O–H groups in total. The Hall–Kier alpha value is -0.900. The smallest absolute Gasteiger partial charge is 0.222 e. The van der Waals surface area contributed by atoms with Crippen molar-refractivity contribution in [3.8, 4) is 0 Å². The van der Waals surface area contributed by atoms with Crippen molar-refractivity contribution in [2.45, 2.75) is 31.7 Å². The number of rotatable bonds is 4. The lowest BCUT2D eigenvalue weighted by Crippen LogP contribution is -2.44. The fourth-order valence-corrected chi connectivity index (χ4v) is 1.94. The Morgan fingerprint density at radius 3 is 2.60 bits per heavy atom. The van der Waals surface area contributed by atoms with Crippen molar-refractivity contribution in [1.82, 2.24) is 9.80 Å². The van der Waals surface area contributed by atoms with Gasteiger partial charge in [0.05, 0.1) is 0 Å². The second-order valence-electron chi connectivity index (χ2n) is 4.24. The number of piperidine rings is 1. The number of carbonyl (C=O) groups excluding carboxylic acids is 2. The highest BCUT2D eigenvalue weighted by Crippen LogP contribution is 2.14. The van der Waals surface area contributed by atoms with Gasteiger partial charge in [-0.05, 0) is 33.0 Å². The first kappa shape index (κ1) is 12.2. The van der Waals surface area contributed by atoms with Crippen LogP contribution in [0.1, 0.15) is 25.7 Å². The summed E-state index contributed by atoms with van der Waals surface area (Å²) >= 11 is 0. The third-order valence-electron chi connectivity index (χ3n) is 3.11. The van der Waals surface area contributed by atoms with Crippen molar-refractivity contribution in [3.05, 3.63) is 0 Å². The first-order chi connectivity index (χ1) is 7.15. The topological polar surface area (TPSA) is 40.6 Å². The van der Waals surface area contributed by atoms with E-state index >= 15 is 0 Å². The number of amides is 1. The number of likely N-dealkylation sites (tertiary alicyclic amines) is 1. The van der Waals surface area contributed by atoms with Crippen LogP contribution < -0.4 is 0 Å². The molecule has 0 aliphatic carbocycles. The largest absolute Gasteiger partial charge is 0.343 e. The summed E-state index contributed by atoms with van der Waals surface area (Å²) in [6.45, 7) is 2.10. The summed E-state index contributed by atoms with van der Waals surface area (Å²) in [4.78, 5) is 25.9. The zero-order valence-electron chi connectivity index (χ0n) is 9.61. The molecule has 0 aromatic rings. The molecule has 1 rings (SSSR count). The average Bonchev–Trinajstić information content (AvgIpc) is 2.26. The molecule has 0 bridgehead atoms. The number of hydrogen-bond donors (Lipinski definition) is 0. The second kappa shape index (κ2) is 5.85. The Bertz CT molecular complexity index is 223. The third kappa shape index (κ3) is 3.63. The van der Waals surface area contributed by atoms with Crippen molar-refractivity contribution in [3.63, 3.8) is 0 Å². The molecule has 0 radical (unpaired) electrons. The molecule has 1 aliphatic rings. The highest BCUT2D eigenvalue weighted by Gasteiger charge is 2.23. The minimum Gasteiger partial charge on any atom is -0.343 e. The van der Waals surface area contributed by atoms with Crippen LogP contribution in [0.2, 0.25) is 0 Å². The zero-order chi connectivity index (χ0) is 11.3. The lowest BCUT2D eigenvalue weighted by molar-refractivity contribution is -0.133. The molecule has 0 aromatic heterocycles. The average molecular weight is 212 g/mol. The van der Waals surface area contributed by atoms with Crippen LogP contribution in [-0.4, -0.2) is 55.2 Å². The normalized spacial score (nSPS) is 18.8. The van der Waals surface area contributed by atoms with Crippen molar-refractivity contribution in [2.24, 2.45) is 0 Å². The van der Waals surface area contributed by atoms with Gasteiger partial charge < -0.3 is 14.6 Å². The molecule has 1 heterocycles. The van der Waals surface area contributed by atoms with Crippen molar-refractivity contribution >= 4 is 12.2 Å². The highest BCUT2D eigenvalue weighted by molar-refractivity contribution is 5.78. The first-order valence-electron chi connectivity index (χ1n) is 5.53. The van der Waals surface area contributed by atoms with E-state index in [2.05, 4.69) is 11.9 Å². The summed E-state index contributed by atoms with van der Waals surface area (Å²) in [5.41, 5.74) is 0. The Morgan fingerprint density at radius 2 is 2.07 bits per heavy atom. The van der Waals surface area contributed by atoms with Crippen molar-refractivity contribution in [2.75, 3.05) is 27.2 Å². The van der Waals surface area contributed by atoms with Gasteiger partial charge in [0, 0.05) is 25.9 Å². The molecule has 4 nitrogen and oxygen atoms in total. The predicted octanol–water partition coefficient (Wildman–Crippen LogP) is 0.518. The van der Waals surface area contributed by atoms with Crippen LogP contribution in [-0.2, 0) is 9.59 Å². The van der Waals surface area contributed by atoms with E-state index in [1.54, 1.807) is 0 Å². The molecule has 0 saturated carbocycles. The maximum Gasteiger partial charge on any atom is 0.222 e. The molecular formula is C11H20N2O2. The fourth-order valence-electron chi connectivity index (χ4n) is 1.94. The first-order valence-corrected chi connectivity index (χ1v) is 5.53. The van der Waals surface area contributed by atoms with E-state index in [9.17, 15) is 9.59 Å². The molecule has 15 heavy (non-hydrogen) atoms. The molecule has 1 saturated heterocycles. The van der Waals surface area contributed by atoms with Gasteiger partial charge in [-0.3, -0.25) is 4.79 Å². The summed E-state index contributed by atoms with van der Waals surface area (Å²) in [5.74, 6) is 0.0941. The Balaban J connectivity index is 2.35. The van der Waals surface area contributed by atoms with E-state index in [0.717, 1.165) is 32.2 Å². The SMILES string of the molecule is CN1CCC(N(C)C(=O)CCC=O)CC1. The quantitative estimate of drug-likeness (QED) is 0.638. The van der Waals surface area contributed by atoms with Crippen molar-refractivity contribution in [1.29, 1.82) is 0 Å². The van der Waals surface area contributed by atoms with Crippen LogP contribution >= 0.6 is 0 Å². The van der Waals surface area contributed by atoms with Gasteiger partial charge in [0.2, 0.25) is 5.91 Å². The number of aldehydes is 1. The maximum absolute atomic E-state index is 11.6. The molecule has 0 unspecified atom stereocenters. The van der Waals surface area contributed by atoms with Crippen LogP contribution in [0.15, 0.2) is 0 Å². The van der Waals surface area contributed by atoms with E-state index in [0.29, 0.717) is 18.9 Å². The van der Waals surface area contributed by atoms with Gasteiger partial charge in [-0.15, -0.1) is 0 Å². The lowest BCUT2D eigenvalue weighted by atomic mass is 10.0. The third-order valence-corrected chi connectivity index (χ3v) is 3.11. The molecule has 1 amide bonds. The standard InChI is InChI=1S/C11H20N2O2/c1-12-7-5-10(6-8-12)13(2)11(15)4-3-9-14/h9-10H,3-8H2,1-2H3. The molecule has 86 valence electrons. The highest BCUT2D eigenvalue weighted by atomic mass is 16.2. The van der Waals surface area contributed by atoms with Gasteiger partial charge in [0.1, 0.15) is 6.29 Å². The number of nitrogens with zero attached hydrogens (tertiary/aromatic N) is 2. The van der Waals surface area contributed by atoms with E-state index in [4.69, 9.17) is 0 Å². The van der Waals surface area contributed by atoms with E-state index in [-0.39, 0.29) is 5.91 Å². The van der Waals surface area contributed by atoms with E-state index in [1.165, 1.54) is 0 Å². The number of hydrogen-bond acceptors (Lipinski definition) is 3. The van der Waals surface area contributed by atoms with Crippen LogP contribution in [0.25, 0.3) is 0 Å². The molecule has 1 fully saturated rings. The summed E-state index contributed by atoms with van der Waals surface area (Å²) in [6.07, 6.45) is 3.59. The minimum atomic E-state index is 0.0941. The summed E-state index contributed by atoms with van der Waals surface area (Å²) in [7, 11) is 3.95. The van der Waals surface area contributed by atoms with Gasteiger partial charge in [0.25, 0.3) is 0 Å². The molecule has 4 heteroatoms. The Kier molecular flexibility index (Phi) is 4.75. The fraction of sp³-hybridized carbons (Fsp3) is 0.818. The maximum atomic E-state index is 11.6. The summed E-state index contributed by atoms with van der Waals surface area (Å²) in [6, 6.07) is 0.361. The van der Waals surface area contributed by atoms with Gasteiger partial charge in [-0.2, -0.15) is 0 Å². The monoisotopic (exact) mass is 212 g/mol.